The van der Waals surface area contributed by atoms with E-state index in [-0.39, 0.29) is 23.2 Å². The quantitative estimate of drug-likeness (QED) is 0.544. The molecule has 0 unspecified atom stereocenters. The maximum Gasteiger partial charge on any atom is 0.336 e. The fourth-order valence-electron chi connectivity index (χ4n) is 7.89. The third kappa shape index (κ3) is 0.962. The van der Waals surface area contributed by atoms with Crippen molar-refractivity contribution in [2.75, 3.05) is 0 Å². The van der Waals surface area contributed by atoms with Crippen molar-refractivity contribution >= 4 is 5.97 Å². The third-order valence-corrected chi connectivity index (χ3v) is 8.67. The van der Waals surface area contributed by atoms with Crippen LogP contribution in [0, 0.1) is 17.3 Å². The van der Waals surface area contributed by atoms with Crippen molar-refractivity contribution in [1.82, 2.24) is 5.32 Å². The fourth-order valence-corrected chi connectivity index (χ4v) is 7.89. The number of rotatable bonds is 0. The molecule has 0 amide bonds. The Bertz CT molecular complexity index is 788. The maximum absolute atomic E-state index is 12.2. The molecule has 5 nitrogen and oxygen atoms in total. The maximum atomic E-state index is 12.2. The SMILES string of the molecule is CC1=C2[C@H]3O[C@]34CC[C@@H]3C(C)(C)CCC[C@]35N[C@@]3(O[C@@]23OC1=O)[C@@H]54. The van der Waals surface area contributed by atoms with Gasteiger partial charge in [-0.2, -0.15) is 0 Å². The van der Waals surface area contributed by atoms with Crippen LogP contribution in [-0.4, -0.2) is 34.7 Å². The van der Waals surface area contributed by atoms with Crippen LogP contribution in [0.4, 0.5) is 0 Å². The van der Waals surface area contributed by atoms with E-state index in [0.29, 0.717) is 22.8 Å². The number of nitrogens with one attached hydrogen (secondary N) is 1. The Morgan fingerprint density at radius 2 is 2.04 bits per heavy atom. The standard InChI is InChI=1S/C19H23NO4/c1-9-11-12-17(22-12)8-5-10-15(2,3)6-4-7-16(10)14(17)18(20-16)19(11,24-18)23-13(9)21/h10,12,14,20H,4-8H2,1-3H3/t10-,12-,14+,16+,17-,18-,19+/m1/s1. The molecule has 0 radical (unpaired) electrons. The minimum atomic E-state index is -0.849. The Balaban J connectivity index is 1.42. The molecule has 4 heterocycles. The lowest BCUT2D eigenvalue weighted by atomic mass is 9.41. The average Bonchev–Trinajstić information content (AvgIpc) is 3.31. The smallest absolute Gasteiger partial charge is 0.336 e. The first-order valence-corrected chi connectivity index (χ1v) is 9.45. The minimum absolute atomic E-state index is 0.0366. The molecular weight excluding hydrogens is 306 g/mol. The predicted octanol–water partition coefficient (Wildman–Crippen LogP) is 2.01. The van der Waals surface area contributed by atoms with Gasteiger partial charge in [-0.05, 0) is 43.9 Å². The molecule has 3 aliphatic carbocycles. The number of carbonyl (C=O) groups is 1. The highest BCUT2D eigenvalue weighted by atomic mass is 16.8. The van der Waals surface area contributed by atoms with Crippen molar-refractivity contribution in [3.05, 3.63) is 11.1 Å². The zero-order valence-electron chi connectivity index (χ0n) is 14.4. The van der Waals surface area contributed by atoms with Gasteiger partial charge in [0.1, 0.15) is 11.7 Å². The summed E-state index contributed by atoms with van der Waals surface area (Å²) in [5.41, 5.74) is 1.53. The molecule has 128 valence electrons. The van der Waals surface area contributed by atoms with Gasteiger partial charge in [0.05, 0.1) is 5.92 Å². The van der Waals surface area contributed by atoms with Gasteiger partial charge < -0.3 is 14.2 Å². The van der Waals surface area contributed by atoms with Gasteiger partial charge in [0, 0.05) is 16.7 Å². The number of hydrogen-bond acceptors (Lipinski definition) is 5. The van der Waals surface area contributed by atoms with Crippen LogP contribution < -0.4 is 5.32 Å². The van der Waals surface area contributed by atoms with Gasteiger partial charge in [0.2, 0.25) is 5.72 Å². The van der Waals surface area contributed by atoms with Crippen molar-refractivity contribution in [3.63, 3.8) is 0 Å². The molecule has 4 spiro atoms. The normalized spacial score (nSPS) is 63.1. The molecule has 24 heavy (non-hydrogen) atoms. The molecule has 3 saturated carbocycles. The van der Waals surface area contributed by atoms with Crippen LogP contribution in [0.15, 0.2) is 11.1 Å². The molecule has 0 bridgehead atoms. The molecule has 3 saturated heterocycles. The summed E-state index contributed by atoms with van der Waals surface area (Å²) in [6.45, 7) is 6.71. The molecule has 0 aromatic carbocycles. The highest BCUT2D eigenvalue weighted by molar-refractivity contribution is 5.94. The lowest BCUT2D eigenvalue weighted by Gasteiger charge is -2.69. The van der Waals surface area contributed by atoms with E-state index in [1.165, 1.54) is 25.7 Å². The highest BCUT2D eigenvalue weighted by Crippen LogP contribution is 2.83. The van der Waals surface area contributed by atoms with Crippen LogP contribution in [0.5, 0.6) is 0 Å². The van der Waals surface area contributed by atoms with Crippen LogP contribution in [0.2, 0.25) is 0 Å². The van der Waals surface area contributed by atoms with E-state index in [4.69, 9.17) is 14.2 Å². The fraction of sp³-hybridized carbons (Fsp3) is 0.842. The lowest BCUT2D eigenvalue weighted by Crippen LogP contribution is -2.86. The second-order valence-electron chi connectivity index (χ2n) is 9.87. The number of esters is 1. The van der Waals surface area contributed by atoms with Crippen LogP contribution in [0.1, 0.15) is 52.9 Å². The average molecular weight is 329 g/mol. The topological polar surface area (TPSA) is 63.4 Å². The molecule has 7 rings (SSSR count). The van der Waals surface area contributed by atoms with E-state index in [2.05, 4.69) is 19.2 Å². The van der Waals surface area contributed by atoms with E-state index in [1.807, 2.05) is 6.92 Å². The van der Waals surface area contributed by atoms with Crippen molar-refractivity contribution in [3.8, 4) is 0 Å². The van der Waals surface area contributed by atoms with Crippen LogP contribution in [0.3, 0.4) is 0 Å². The number of fused-ring (bicyclic) bond motifs is 1. The van der Waals surface area contributed by atoms with Crippen LogP contribution >= 0.6 is 0 Å². The molecule has 1 N–H and O–H groups in total. The summed E-state index contributed by atoms with van der Waals surface area (Å²) in [5.74, 6) is -0.106. The van der Waals surface area contributed by atoms with Crippen LogP contribution in [0.25, 0.3) is 0 Å². The van der Waals surface area contributed by atoms with Gasteiger partial charge in [0.15, 0.2) is 0 Å². The Labute approximate surface area is 141 Å². The van der Waals surface area contributed by atoms with Gasteiger partial charge in [-0.3, -0.25) is 5.32 Å². The number of ether oxygens (including phenoxy) is 3. The van der Waals surface area contributed by atoms with E-state index in [0.717, 1.165) is 12.0 Å². The molecule has 7 atom stereocenters. The van der Waals surface area contributed by atoms with Gasteiger partial charge in [-0.25, -0.2) is 4.79 Å². The zero-order chi connectivity index (χ0) is 16.3. The number of hydrogen-bond donors (Lipinski definition) is 1. The summed E-state index contributed by atoms with van der Waals surface area (Å²) < 4.78 is 18.4. The molecule has 0 aromatic heterocycles. The lowest BCUT2D eigenvalue weighted by molar-refractivity contribution is -0.197. The molecule has 5 heteroatoms. The van der Waals surface area contributed by atoms with E-state index >= 15 is 0 Å². The summed E-state index contributed by atoms with van der Waals surface area (Å²) in [6.07, 6.45) is 6.07. The molecule has 7 aliphatic rings. The second-order valence-corrected chi connectivity index (χ2v) is 9.87. The summed E-state index contributed by atoms with van der Waals surface area (Å²) in [6, 6.07) is 0. The van der Waals surface area contributed by atoms with Crippen molar-refractivity contribution in [2.45, 2.75) is 81.6 Å². The van der Waals surface area contributed by atoms with E-state index < -0.39 is 11.5 Å². The summed E-state index contributed by atoms with van der Waals surface area (Å²) in [7, 11) is 0. The largest absolute Gasteiger partial charge is 0.420 e. The first kappa shape index (κ1) is 13.3. The second kappa shape index (κ2) is 3.12. The Hall–Kier alpha value is -0.910. The highest BCUT2D eigenvalue weighted by Gasteiger charge is 3.01. The van der Waals surface area contributed by atoms with Gasteiger partial charge in [-0.15, -0.1) is 0 Å². The zero-order valence-corrected chi connectivity index (χ0v) is 14.4. The number of carbonyl (C=O) groups excluding carboxylic acids is 1. The monoisotopic (exact) mass is 329 g/mol. The summed E-state index contributed by atoms with van der Waals surface area (Å²) >= 11 is 0. The Kier molecular flexibility index (Phi) is 1.73. The summed E-state index contributed by atoms with van der Waals surface area (Å²) in [5, 5.41) is 3.88. The van der Waals surface area contributed by atoms with Crippen molar-refractivity contribution in [2.24, 2.45) is 17.3 Å². The van der Waals surface area contributed by atoms with E-state index in [9.17, 15) is 4.79 Å². The Morgan fingerprint density at radius 3 is 2.88 bits per heavy atom. The molecule has 6 fully saturated rings. The van der Waals surface area contributed by atoms with Gasteiger partial charge in [0.25, 0.3) is 5.79 Å². The van der Waals surface area contributed by atoms with Crippen LogP contribution in [-0.2, 0) is 19.0 Å². The first-order valence-electron chi connectivity index (χ1n) is 9.45. The van der Waals surface area contributed by atoms with Crippen molar-refractivity contribution < 1.29 is 19.0 Å². The minimum Gasteiger partial charge on any atom is -0.420 e. The first-order chi connectivity index (χ1) is 11.3. The molecule has 0 aromatic rings. The number of epoxide rings is 2. The molecule has 4 aliphatic heterocycles. The third-order valence-electron chi connectivity index (χ3n) is 8.67. The summed E-state index contributed by atoms with van der Waals surface area (Å²) in [4.78, 5) is 12.2. The van der Waals surface area contributed by atoms with Gasteiger partial charge in [-0.1, -0.05) is 20.3 Å². The van der Waals surface area contributed by atoms with E-state index in [1.54, 1.807) is 0 Å². The Morgan fingerprint density at radius 1 is 1.21 bits per heavy atom. The van der Waals surface area contributed by atoms with Crippen molar-refractivity contribution in [1.29, 1.82) is 0 Å². The molecular formula is C19H23NO4. The van der Waals surface area contributed by atoms with Gasteiger partial charge >= 0.3 is 5.97 Å². The predicted molar refractivity (Wildman–Crippen MR) is 82.7 cm³/mol.